The Labute approximate surface area is 212 Å². The molecule has 1 aliphatic heterocycles. The molecule has 0 bridgehead atoms. The number of ether oxygens (including phenoxy) is 2. The van der Waals surface area contributed by atoms with Gasteiger partial charge in [0.1, 0.15) is 6.61 Å². The van der Waals surface area contributed by atoms with Crippen LogP contribution in [-0.4, -0.2) is 7.11 Å². The van der Waals surface area contributed by atoms with Gasteiger partial charge in [0.2, 0.25) is 0 Å². The van der Waals surface area contributed by atoms with Crippen molar-refractivity contribution in [1.29, 1.82) is 0 Å². The SMILES string of the molecule is COc1cc([C@@H]2Nc3c(C)cc(Cl)cc3[C@@H]3C=CC[C@H]32)cc(Br)c1OCc1ccc(Cl)cc1. The van der Waals surface area contributed by atoms with Crippen LogP contribution in [0.25, 0.3) is 0 Å². The van der Waals surface area contributed by atoms with E-state index in [2.05, 4.69) is 58.5 Å². The van der Waals surface area contributed by atoms with Crippen LogP contribution in [0.2, 0.25) is 10.0 Å². The molecule has 0 unspecified atom stereocenters. The normalized spacial score (nSPS) is 20.7. The molecule has 1 N–H and O–H groups in total. The highest BCUT2D eigenvalue weighted by atomic mass is 79.9. The van der Waals surface area contributed by atoms with Gasteiger partial charge in [-0.05, 0) is 93.8 Å². The largest absolute Gasteiger partial charge is 0.493 e. The summed E-state index contributed by atoms with van der Waals surface area (Å²) in [5.41, 5.74) is 5.82. The van der Waals surface area contributed by atoms with E-state index in [0.717, 1.165) is 32.6 Å². The molecule has 5 rings (SSSR count). The molecule has 0 spiro atoms. The summed E-state index contributed by atoms with van der Waals surface area (Å²) < 4.78 is 12.8. The number of allylic oxidation sites excluding steroid dienone is 2. The average Bonchev–Trinajstić information content (AvgIpc) is 3.29. The lowest BCUT2D eigenvalue weighted by molar-refractivity contribution is 0.282. The Morgan fingerprint density at radius 3 is 2.61 bits per heavy atom. The maximum Gasteiger partial charge on any atom is 0.175 e. The summed E-state index contributed by atoms with van der Waals surface area (Å²) in [6.07, 6.45) is 5.62. The van der Waals surface area contributed by atoms with Gasteiger partial charge in [0.15, 0.2) is 11.5 Å². The topological polar surface area (TPSA) is 30.5 Å². The first-order valence-electron chi connectivity index (χ1n) is 10.9. The Morgan fingerprint density at radius 1 is 1.06 bits per heavy atom. The van der Waals surface area contributed by atoms with Crippen molar-refractivity contribution >= 4 is 44.8 Å². The summed E-state index contributed by atoms with van der Waals surface area (Å²) in [4.78, 5) is 0. The molecule has 1 heterocycles. The van der Waals surface area contributed by atoms with Crippen LogP contribution >= 0.6 is 39.1 Å². The van der Waals surface area contributed by atoms with Crippen LogP contribution in [0, 0.1) is 12.8 Å². The molecular weight excluding hydrogens is 521 g/mol. The first-order valence-corrected chi connectivity index (χ1v) is 12.5. The van der Waals surface area contributed by atoms with E-state index >= 15 is 0 Å². The van der Waals surface area contributed by atoms with Crippen molar-refractivity contribution in [3.05, 3.63) is 97.5 Å². The lowest BCUT2D eigenvalue weighted by atomic mass is 9.76. The Hall–Kier alpha value is -2.14. The third-order valence-electron chi connectivity index (χ3n) is 6.54. The molecule has 0 fully saturated rings. The summed E-state index contributed by atoms with van der Waals surface area (Å²) in [6, 6.07) is 16.2. The number of hydrogen-bond donors (Lipinski definition) is 1. The second-order valence-electron chi connectivity index (χ2n) is 8.61. The Balaban J connectivity index is 1.47. The zero-order valence-electron chi connectivity index (χ0n) is 18.4. The van der Waals surface area contributed by atoms with Gasteiger partial charge in [-0.2, -0.15) is 0 Å². The zero-order chi connectivity index (χ0) is 23.1. The minimum atomic E-state index is 0.146. The molecule has 0 saturated heterocycles. The summed E-state index contributed by atoms with van der Waals surface area (Å²) in [5.74, 6) is 2.15. The number of benzene rings is 3. The van der Waals surface area contributed by atoms with Gasteiger partial charge in [0.25, 0.3) is 0 Å². The Morgan fingerprint density at radius 2 is 1.85 bits per heavy atom. The quantitative estimate of drug-likeness (QED) is 0.327. The number of nitrogens with one attached hydrogen (secondary N) is 1. The molecule has 0 saturated carbocycles. The van der Waals surface area contributed by atoms with Crippen LogP contribution in [0.3, 0.4) is 0 Å². The number of halogens is 3. The van der Waals surface area contributed by atoms with Crippen LogP contribution < -0.4 is 14.8 Å². The van der Waals surface area contributed by atoms with E-state index in [1.165, 1.54) is 11.3 Å². The average molecular weight is 545 g/mol. The third-order valence-corrected chi connectivity index (χ3v) is 7.60. The van der Waals surface area contributed by atoms with Gasteiger partial charge < -0.3 is 14.8 Å². The van der Waals surface area contributed by atoms with Gasteiger partial charge in [-0.15, -0.1) is 0 Å². The van der Waals surface area contributed by atoms with Crippen LogP contribution in [0.5, 0.6) is 11.5 Å². The second kappa shape index (κ2) is 9.25. The van der Waals surface area contributed by atoms with Crippen molar-refractivity contribution in [2.24, 2.45) is 5.92 Å². The minimum Gasteiger partial charge on any atom is -0.493 e. The highest BCUT2D eigenvalue weighted by molar-refractivity contribution is 9.10. The first kappa shape index (κ1) is 22.6. The second-order valence-corrected chi connectivity index (χ2v) is 10.3. The molecule has 3 nitrogen and oxygen atoms in total. The summed E-state index contributed by atoms with van der Waals surface area (Å²) >= 11 is 16.1. The van der Waals surface area contributed by atoms with E-state index in [1.807, 2.05) is 30.3 Å². The molecule has 170 valence electrons. The van der Waals surface area contributed by atoms with Crippen molar-refractivity contribution < 1.29 is 9.47 Å². The van der Waals surface area contributed by atoms with Crippen LogP contribution in [0.15, 0.2) is 65.2 Å². The van der Waals surface area contributed by atoms with Crippen LogP contribution in [0.1, 0.15) is 40.6 Å². The molecule has 0 aromatic heterocycles. The van der Waals surface area contributed by atoms with E-state index in [4.69, 9.17) is 32.7 Å². The number of aryl methyl sites for hydroxylation is 1. The van der Waals surface area contributed by atoms with Crippen molar-refractivity contribution in [2.75, 3.05) is 12.4 Å². The monoisotopic (exact) mass is 543 g/mol. The Kier molecular flexibility index (Phi) is 6.34. The molecule has 0 radical (unpaired) electrons. The third kappa shape index (κ3) is 4.37. The maximum absolute atomic E-state index is 6.39. The molecule has 3 aromatic rings. The van der Waals surface area contributed by atoms with E-state index in [9.17, 15) is 0 Å². The molecule has 33 heavy (non-hydrogen) atoms. The molecule has 3 aromatic carbocycles. The predicted molar refractivity (Wildman–Crippen MR) is 139 cm³/mol. The summed E-state index contributed by atoms with van der Waals surface area (Å²) in [6.45, 7) is 2.53. The minimum absolute atomic E-state index is 0.146. The van der Waals surface area contributed by atoms with E-state index < -0.39 is 0 Å². The number of hydrogen-bond acceptors (Lipinski definition) is 3. The van der Waals surface area contributed by atoms with Crippen LogP contribution in [0.4, 0.5) is 5.69 Å². The number of methoxy groups -OCH3 is 1. The number of anilines is 1. The number of rotatable bonds is 5. The Bertz CT molecular complexity index is 1230. The van der Waals surface area contributed by atoms with E-state index in [0.29, 0.717) is 35.0 Å². The summed E-state index contributed by atoms with van der Waals surface area (Å²) in [7, 11) is 1.68. The van der Waals surface area contributed by atoms with Crippen LogP contribution in [-0.2, 0) is 6.61 Å². The fraction of sp³-hybridized carbons (Fsp3) is 0.259. The summed E-state index contributed by atoms with van der Waals surface area (Å²) in [5, 5.41) is 5.31. The maximum atomic E-state index is 6.39. The lowest BCUT2D eigenvalue weighted by Gasteiger charge is -2.38. The standard InChI is InChI=1S/C27H24BrCl2NO2/c1-15-10-19(30)13-22-20-4-3-5-21(20)26(31-25(15)22)17-11-23(28)27(24(12-17)32-2)33-14-16-6-8-18(29)9-7-16/h3-4,6-13,20-21,26,31H,5,14H2,1-2H3/t20-,21-,26+/m1/s1. The van der Waals surface area contributed by atoms with Crippen molar-refractivity contribution in [3.63, 3.8) is 0 Å². The fourth-order valence-electron chi connectivity index (χ4n) is 4.97. The zero-order valence-corrected chi connectivity index (χ0v) is 21.5. The van der Waals surface area contributed by atoms with Crippen molar-refractivity contribution in [3.8, 4) is 11.5 Å². The highest BCUT2D eigenvalue weighted by Crippen LogP contribution is 2.52. The molecule has 0 amide bonds. The van der Waals surface area contributed by atoms with Gasteiger partial charge in [0, 0.05) is 21.7 Å². The molecule has 3 atom stereocenters. The predicted octanol–water partition coefficient (Wildman–Crippen LogP) is 8.48. The fourth-order valence-corrected chi connectivity index (χ4v) is 5.95. The first-order chi connectivity index (χ1) is 15.9. The van der Waals surface area contributed by atoms with Gasteiger partial charge in [-0.3, -0.25) is 0 Å². The molecule has 1 aliphatic carbocycles. The number of fused-ring (bicyclic) bond motifs is 3. The highest BCUT2D eigenvalue weighted by Gasteiger charge is 2.39. The van der Waals surface area contributed by atoms with Gasteiger partial charge in [-0.1, -0.05) is 47.5 Å². The smallest absolute Gasteiger partial charge is 0.175 e. The lowest BCUT2D eigenvalue weighted by Crippen LogP contribution is -2.29. The van der Waals surface area contributed by atoms with Gasteiger partial charge in [-0.25, -0.2) is 0 Å². The van der Waals surface area contributed by atoms with Gasteiger partial charge >= 0.3 is 0 Å². The molecule has 6 heteroatoms. The van der Waals surface area contributed by atoms with Crippen molar-refractivity contribution in [1.82, 2.24) is 0 Å². The molecular formula is C27H24BrCl2NO2. The van der Waals surface area contributed by atoms with Gasteiger partial charge in [0.05, 0.1) is 17.6 Å². The van der Waals surface area contributed by atoms with E-state index in [1.54, 1.807) is 7.11 Å². The van der Waals surface area contributed by atoms with Crippen molar-refractivity contribution in [2.45, 2.75) is 31.9 Å². The van der Waals surface area contributed by atoms with E-state index in [-0.39, 0.29) is 6.04 Å². The molecule has 2 aliphatic rings.